The molecule has 0 amide bonds. The lowest BCUT2D eigenvalue weighted by Crippen LogP contribution is -2.40. The summed E-state index contributed by atoms with van der Waals surface area (Å²) in [5.74, 6) is 0. The molecule has 1 aromatic heterocycles. The first-order chi connectivity index (χ1) is 11.8. The molecule has 6 N–H and O–H groups in total. The van der Waals surface area contributed by atoms with Crippen LogP contribution >= 0.6 is 7.82 Å². The second kappa shape index (κ2) is 8.34. The first-order valence-corrected chi connectivity index (χ1v) is 8.93. The van der Waals surface area contributed by atoms with Gasteiger partial charge in [0.2, 0.25) is 0 Å². The zero-order chi connectivity index (χ0) is 18.6. The highest BCUT2D eigenvalue weighted by atomic mass is 31.2. The Bertz CT molecular complexity index is 729. The average molecular weight is 381 g/mol. The molecule has 1 aliphatic rings. The van der Waals surface area contributed by atoms with Crippen molar-refractivity contribution in [2.24, 2.45) is 5.73 Å². The van der Waals surface area contributed by atoms with Crippen LogP contribution in [0.1, 0.15) is 12.6 Å². The number of aromatic amines is 1. The van der Waals surface area contributed by atoms with Gasteiger partial charge in [-0.05, 0) is 13.0 Å². The quantitative estimate of drug-likeness (QED) is 0.241. The largest absolute Gasteiger partial charge is 0.470 e. The van der Waals surface area contributed by atoms with Gasteiger partial charge in [-0.25, -0.2) is 9.36 Å². The van der Waals surface area contributed by atoms with Crippen LogP contribution in [0.15, 0.2) is 21.9 Å². The molecule has 0 unspecified atom stereocenters. The van der Waals surface area contributed by atoms with Crippen LogP contribution in [0.5, 0.6) is 0 Å². The van der Waals surface area contributed by atoms with Gasteiger partial charge in [0.15, 0.2) is 6.23 Å². The second-order valence-electron chi connectivity index (χ2n) is 5.30. The van der Waals surface area contributed by atoms with E-state index in [2.05, 4.69) is 0 Å². The Labute approximate surface area is 141 Å². The summed E-state index contributed by atoms with van der Waals surface area (Å²) < 4.78 is 27.9. The topological polar surface area (TPSA) is 186 Å². The van der Waals surface area contributed by atoms with E-state index >= 15 is 0 Å². The first kappa shape index (κ1) is 19.9. The molecule has 2 heterocycles. The van der Waals surface area contributed by atoms with E-state index < -0.39 is 50.2 Å². The smallest absolute Gasteiger partial charge is 0.394 e. The molecule has 1 fully saturated rings. The van der Waals surface area contributed by atoms with E-state index in [0.717, 1.165) is 16.8 Å². The monoisotopic (exact) mass is 381 g/mol. The SMILES string of the molecule is NCCCO[C@@H]1[C@H](OP(=O)(O)O)[C@@H](CO)O[C@H]1n1ccc(=O)[nH]c1=O. The third-order valence-corrected chi connectivity index (χ3v) is 4.03. The Morgan fingerprint density at radius 3 is 2.64 bits per heavy atom. The van der Waals surface area contributed by atoms with Crippen LogP contribution in [0.4, 0.5) is 0 Å². The predicted octanol–water partition coefficient (Wildman–Crippen LogP) is -2.36. The summed E-state index contributed by atoms with van der Waals surface area (Å²) in [5.41, 5.74) is 3.96. The Kier molecular flexibility index (Phi) is 6.65. The van der Waals surface area contributed by atoms with E-state index in [1.807, 2.05) is 4.98 Å². The van der Waals surface area contributed by atoms with Crippen LogP contribution in [-0.4, -0.2) is 62.5 Å². The fourth-order valence-corrected chi connectivity index (χ4v) is 3.05. The van der Waals surface area contributed by atoms with Gasteiger partial charge in [0.05, 0.1) is 6.61 Å². The van der Waals surface area contributed by atoms with E-state index in [1.54, 1.807) is 0 Å². The number of phosphoric ester groups is 1. The molecule has 0 bridgehead atoms. The number of rotatable bonds is 8. The Balaban J connectivity index is 2.36. The van der Waals surface area contributed by atoms with Crippen molar-refractivity contribution < 1.29 is 33.5 Å². The number of hydrogen-bond acceptors (Lipinski definition) is 8. The van der Waals surface area contributed by atoms with Crippen LogP contribution in [-0.2, 0) is 18.6 Å². The van der Waals surface area contributed by atoms with E-state index in [-0.39, 0.29) is 6.61 Å². The maximum Gasteiger partial charge on any atom is 0.470 e. The fourth-order valence-electron chi connectivity index (χ4n) is 2.47. The molecule has 13 heteroatoms. The molecule has 1 aliphatic heterocycles. The number of ether oxygens (including phenoxy) is 2. The molecule has 12 nitrogen and oxygen atoms in total. The molecule has 1 aromatic rings. The van der Waals surface area contributed by atoms with Crippen LogP contribution < -0.4 is 17.0 Å². The van der Waals surface area contributed by atoms with Gasteiger partial charge in [-0.3, -0.25) is 18.9 Å². The predicted molar refractivity (Wildman–Crippen MR) is 82.6 cm³/mol. The van der Waals surface area contributed by atoms with Gasteiger partial charge >= 0.3 is 13.5 Å². The highest BCUT2D eigenvalue weighted by Crippen LogP contribution is 2.44. The molecule has 2 rings (SSSR count). The lowest BCUT2D eigenvalue weighted by Gasteiger charge is -2.25. The zero-order valence-electron chi connectivity index (χ0n) is 13.1. The van der Waals surface area contributed by atoms with Crippen LogP contribution in [0.2, 0.25) is 0 Å². The Morgan fingerprint density at radius 2 is 2.08 bits per heavy atom. The molecule has 0 saturated carbocycles. The molecule has 4 atom stereocenters. The average Bonchev–Trinajstić information content (AvgIpc) is 2.84. The fraction of sp³-hybridized carbons (Fsp3) is 0.667. The standard InChI is InChI=1S/C12H20N3O9P/c13-3-1-5-22-10-9(24-25(19,20)21)7(6-16)23-11(10)15-4-2-8(17)14-12(15)18/h2,4,7,9-11,16H,1,3,5-6,13H2,(H,14,17,18)(H2,19,20,21)/t7-,9-,10-,11-/m1/s1. The van der Waals surface area contributed by atoms with Gasteiger partial charge in [-0.1, -0.05) is 0 Å². The van der Waals surface area contributed by atoms with Gasteiger partial charge in [0.1, 0.15) is 18.3 Å². The van der Waals surface area contributed by atoms with E-state index in [4.69, 9.17) is 29.5 Å². The molecule has 0 radical (unpaired) electrons. The van der Waals surface area contributed by atoms with Gasteiger partial charge in [-0.2, -0.15) is 0 Å². The second-order valence-corrected chi connectivity index (χ2v) is 6.50. The minimum absolute atomic E-state index is 0.109. The first-order valence-electron chi connectivity index (χ1n) is 7.40. The van der Waals surface area contributed by atoms with Crippen molar-refractivity contribution in [1.29, 1.82) is 0 Å². The summed E-state index contributed by atoms with van der Waals surface area (Å²) in [5, 5.41) is 9.42. The van der Waals surface area contributed by atoms with Crippen molar-refractivity contribution in [1.82, 2.24) is 9.55 Å². The summed E-state index contributed by atoms with van der Waals surface area (Å²) in [6, 6.07) is 1.08. The third kappa shape index (κ3) is 5.06. The molecular weight excluding hydrogens is 361 g/mol. The Morgan fingerprint density at radius 1 is 1.36 bits per heavy atom. The number of hydrogen-bond donors (Lipinski definition) is 5. The highest BCUT2D eigenvalue weighted by Gasteiger charge is 2.49. The number of nitrogens with two attached hydrogens (primary N) is 1. The Hall–Kier alpha value is -1.37. The lowest BCUT2D eigenvalue weighted by molar-refractivity contribution is -0.0742. The van der Waals surface area contributed by atoms with Crippen molar-refractivity contribution in [2.75, 3.05) is 19.8 Å². The van der Waals surface area contributed by atoms with Crippen molar-refractivity contribution in [3.05, 3.63) is 33.1 Å². The van der Waals surface area contributed by atoms with Gasteiger partial charge in [0.25, 0.3) is 5.56 Å². The molecule has 0 aromatic carbocycles. The summed E-state index contributed by atoms with van der Waals surface area (Å²) in [6.45, 7) is -0.210. The molecule has 25 heavy (non-hydrogen) atoms. The van der Waals surface area contributed by atoms with Crippen molar-refractivity contribution >= 4 is 7.82 Å². The number of nitrogens with one attached hydrogen (secondary N) is 1. The molecular formula is C12H20N3O9P. The summed E-state index contributed by atoms with van der Waals surface area (Å²) in [6.07, 6.45) is -3.20. The van der Waals surface area contributed by atoms with Gasteiger partial charge in [0, 0.05) is 18.9 Å². The van der Waals surface area contributed by atoms with Crippen LogP contribution in [0, 0.1) is 0 Å². The van der Waals surface area contributed by atoms with E-state index in [0.29, 0.717) is 13.0 Å². The highest BCUT2D eigenvalue weighted by molar-refractivity contribution is 7.46. The van der Waals surface area contributed by atoms with E-state index in [1.165, 1.54) is 0 Å². The van der Waals surface area contributed by atoms with Crippen molar-refractivity contribution in [3.63, 3.8) is 0 Å². The maximum atomic E-state index is 12.0. The molecule has 142 valence electrons. The van der Waals surface area contributed by atoms with Crippen LogP contribution in [0.3, 0.4) is 0 Å². The number of aromatic nitrogens is 2. The minimum atomic E-state index is -4.92. The molecule has 0 spiro atoms. The number of nitrogens with zero attached hydrogens (tertiary/aromatic N) is 1. The number of aliphatic hydroxyl groups is 1. The minimum Gasteiger partial charge on any atom is -0.394 e. The summed E-state index contributed by atoms with van der Waals surface area (Å²) in [7, 11) is -4.92. The lowest BCUT2D eigenvalue weighted by atomic mass is 10.1. The van der Waals surface area contributed by atoms with Crippen molar-refractivity contribution in [2.45, 2.75) is 31.0 Å². The summed E-state index contributed by atoms with van der Waals surface area (Å²) >= 11 is 0. The zero-order valence-corrected chi connectivity index (χ0v) is 13.9. The summed E-state index contributed by atoms with van der Waals surface area (Å²) in [4.78, 5) is 43.4. The van der Waals surface area contributed by atoms with Gasteiger partial charge < -0.3 is 30.1 Å². The third-order valence-electron chi connectivity index (χ3n) is 3.51. The van der Waals surface area contributed by atoms with Gasteiger partial charge in [-0.15, -0.1) is 0 Å². The molecule has 0 aliphatic carbocycles. The number of H-pyrrole nitrogens is 1. The number of aliphatic hydroxyl groups excluding tert-OH is 1. The number of phosphoric acid groups is 1. The van der Waals surface area contributed by atoms with E-state index in [9.17, 15) is 19.3 Å². The normalized spacial score (nSPS) is 26.9. The van der Waals surface area contributed by atoms with Crippen LogP contribution in [0.25, 0.3) is 0 Å². The van der Waals surface area contributed by atoms with Crippen molar-refractivity contribution in [3.8, 4) is 0 Å². The molecule has 1 saturated heterocycles. The maximum absolute atomic E-state index is 12.0.